The highest BCUT2D eigenvalue weighted by atomic mass is 35.5. The number of halogens is 1. The lowest BCUT2D eigenvalue weighted by Crippen LogP contribution is -2.28. The molecule has 148 valence electrons. The molecule has 0 radical (unpaired) electrons. The number of amides is 2. The molecule has 5 nitrogen and oxygen atoms in total. The molecule has 0 unspecified atom stereocenters. The summed E-state index contributed by atoms with van der Waals surface area (Å²) in [4.78, 5) is 27.1. The van der Waals surface area contributed by atoms with Crippen LogP contribution in [0.1, 0.15) is 53.0 Å². The minimum Gasteiger partial charge on any atom is -0.490 e. The highest BCUT2D eigenvalue weighted by molar-refractivity contribution is 6.31. The second kappa shape index (κ2) is 9.11. The predicted octanol–water partition coefficient (Wildman–Crippen LogP) is 4.29. The Bertz CT molecular complexity index is 861. The molecule has 1 heterocycles. The zero-order valence-electron chi connectivity index (χ0n) is 16.2. The fourth-order valence-corrected chi connectivity index (χ4v) is 3.40. The first kappa shape index (κ1) is 20.2. The summed E-state index contributed by atoms with van der Waals surface area (Å²) in [6, 6.07) is 12.4. The molecule has 28 heavy (non-hydrogen) atoms. The standard InChI is InChI=1S/C22H25ClN2O3/c1-15(2)28-20-9-8-18(23)13-19(20)21(26)24-14-16-6-5-7-17(12-16)22(27)25-10-3-4-11-25/h5-9,12-13,15H,3-4,10-11,14H2,1-2H3,(H,24,26). The van der Waals surface area contributed by atoms with Gasteiger partial charge in [-0.1, -0.05) is 23.7 Å². The minimum atomic E-state index is -0.269. The molecule has 1 fully saturated rings. The Labute approximate surface area is 170 Å². The summed E-state index contributed by atoms with van der Waals surface area (Å²) < 4.78 is 5.71. The zero-order chi connectivity index (χ0) is 20.1. The summed E-state index contributed by atoms with van der Waals surface area (Å²) in [6.07, 6.45) is 2.06. The fourth-order valence-electron chi connectivity index (χ4n) is 3.23. The highest BCUT2D eigenvalue weighted by Gasteiger charge is 2.20. The molecular formula is C22H25ClN2O3. The van der Waals surface area contributed by atoms with Gasteiger partial charge in [0.1, 0.15) is 5.75 Å². The van der Waals surface area contributed by atoms with Crippen molar-refractivity contribution in [3.8, 4) is 5.75 Å². The topological polar surface area (TPSA) is 58.6 Å². The van der Waals surface area contributed by atoms with Crippen LogP contribution in [0.25, 0.3) is 0 Å². The van der Waals surface area contributed by atoms with Crippen LogP contribution in [0.3, 0.4) is 0 Å². The first-order chi connectivity index (χ1) is 13.4. The average molecular weight is 401 g/mol. The van der Waals surface area contributed by atoms with Crippen molar-refractivity contribution in [2.45, 2.75) is 39.3 Å². The Morgan fingerprint density at radius 2 is 1.89 bits per heavy atom. The van der Waals surface area contributed by atoms with Crippen molar-refractivity contribution < 1.29 is 14.3 Å². The van der Waals surface area contributed by atoms with Crippen LogP contribution in [0.4, 0.5) is 0 Å². The average Bonchev–Trinajstić information content (AvgIpc) is 3.21. The highest BCUT2D eigenvalue weighted by Crippen LogP contribution is 2.24. The Kier molecular flexibility index (Phi) is 6.57. The predicted molar refractivity (Wildman–Crippen MR) is 110 cm³/mol. The van der Waals surface area contributed by atoms with Crippen molar-refractivity contribution in [1.82, 2.24) is 10.2 Å². The van der Waals surface area contributed by atoms with Gasteiger partial charge >= 0.3 is 0 Å². The maximum absolute atomic E-state index is 12.7. The van der Waals surface area contributed by atoms with E-state index in [2.05, 4.69) is 5.32 Å². The first-order valence-electron chi connectivity index (χ1n) is 9.56. The van der Waals surface area contributed by atoms with Crippen molar-refractivity contribution in [3.05, 3.63) is 64.2 Å². The molecule has 2 aromatic rings. The van der Waals surface area contributed by atoms with Crippen LogP contribution in [0, 0.1) is 0 Å². The van der Waals surface area contributed by atoms with Crippen LogP contribution in [0.2, 0.25) is 5.02 Å². The lowest BCUT2D eigenvalue weighted by atomic mass is 10.1. The third kappa shape index (κ3) is 5.04. The van der Waals surface area contributed by atoms with E-state index in [1.165, 1.54) is 0 Å². The van der Waals surface area contributed by atoms with Gasteiger partial charge in [0.25, 0.3) is 11.8 Å². The molecule has 1 saturated heterocycles. The number of nitrogens with one attached hydrogen (secondary N) is 1. The third-order valence-electron chi connectivity index (χ3n) is 4.57. The number of hydrogen-bond donors (Lipinski definition) is 1. The maximum atomic E-state index is 12.7. The van der Waals surface area contributed by atoms with E-state index in [0.717, 1.165) is 31.5 Å². The number of rotatable bonds is 6. The third-order valence-corrected chi connectivity index (χ3v) is 4.80. The zero-order valence-corrected chi connectivity index (χ0v) is 17.0. The van der Waals surface area contributed by atoms with Gasteiger partial charge in [-0.15, -0.1) is 0 Å². The van der Waals surface area contributed by atoms with E-state index in [4.69, 9.17) is 16.3 Å². The van der Waals surface area contributed by atoms with Gasteiger partial charge in [0.05, 0.1) is 11.7 Å². The summed E-state index contributed by atoms with van der Waals surface area (Å²) in [5, 5.41) is 3.36. The summed E-state index contributed by atoms with van der Waals surface area (Å²) in [7, 11) is 0. The second-order valence-corrected chi connectivity index (χ2v) is 7.63. The number of nitrogens with zero attached hydrogens (tertiary/aromatic N) is 1. The normalized spacial score (nSPS) is 13.6. The molecule has 0 aromatic heterocycles. The van der Waals surface area contributed by atoms with Crippen molar-refractivity contribution in [1.29, 1.82) is 0 Å². The maximum Gasteiger partial charge on any atom is 0.255 e. The SMILES string of the molecule is CC(C)Oc1ccc(Cl)cc1C(=O)NCc1cccc(C(=O)N2CCCC2)c1. The van der Waals surface area contributed by atoms with Crippen LogP contribution in [-0.4, -0.2) is 35.9 Å². The van der Waals surface area contributed by atoms with Crippen LogP contribution in [-0.2, 0) is 6.54 Å². The molecule has 0 bridgehead atoms. The number of likely N-dealkylation sites (tertiary alicyclic amines) is 1. The lowest BCUT2D eigenvalue weighted by Gasteiger charge is -2.16. The van der Waals surface area contributed by atoms with Crippen LogP contribution in [0.15, 0.2) is 42.5 Å². The second-order valence-electron chi connectivity index (χ2n) is 7.19. The summed E-state index contributed by atoms with van der Waals surface area (Å²) >= 11 is 6.05. The molecule has 1 aliphatic rings. The van der Waals surface area contributed by atoms with Gasteiger partial charge in [-0.2, -0.15) is 0 Å². The molecule has 2 amide bonds. The summed E-state index contributed by atoms with van der Waals surface area (Å²) in [6.45, 7) is 5.74. The van der Waals surface area contributed by atoms with Gasteiger partial charge in [-0.3, -0.25) is 9.59 Å². The largest absolute Gasteiger partial charge is 0.490 e. The van der Waals surface area contributed by atoms with Gasteiger partial charge in [-0.25, -0.2) is 0 Å². The fraction of sp³-hybridized carbons (Fsp3) is 0.364. The van der Waals surface area contributed by atoms with Crippen molar-refractivity contribution in [3.63, 3.8) is 0 Å². The Morgan fingerprint density at radius 1 is 1.14 bits per heavy atom. The Balaban J connectivity index is 1.69. The van der Waals surface area contributed by atoms with Crippen LogP contribution < -0.4 is 10.1 Å². The molecule has 1 N–H and O–H groups in total. The van der Waals surface area contributed by atoms with E-state index in [9.17, 15) is 9.59 Å². The summed E-state index contributed by atoms with van der Waals surface area (Å²) in [5.74, 6) is 0.275. The number of carbonyl (C=O) groups excluding carboxylic acids is 2. The molecule has 2 aromatic carbocycles. The van der Waals surface area contributed by atoms with E-state index >= 15 is 0 Å². The molecule has 6 heteroatoms. The van der Waals surface area contributed by atoms with E-state index in [-0.39, 0.29) is 17.9 Å². The van der Waals surface area contributed by atoms with Crippen LogP contribution in [0.5, 0.6) is 5.75 Å². The molecule has 1 aliphatic heterocycles. The Hall–Kier alpha value is -2.53. The van der Waals surface area contributed by atoms with Gasteiger partial charge in [-0.05, 0) is 62.6 Å². The van der Waals surface area contributed by atoms with Crippen LogP contribution >= 0.6 is 11.6 Å². The van der Waals surface area contributed by atoms with E-state index in [1.807, 2.05) is 43.0 Å². The lowest BCUT2D eigenvalue weighted by molar-refractivity contribution is 0.0792. The monoisotopic (exact) mass is 400 g/mol. The molecular weight excluding hydrogens is 376 g/mol. The van der Waals surface area contributed by atoms with Crippen molar-refractivity contribution in [2.24, 2.45) is 0 Å². The van der Waals surface area contributed by atoms with Gasteiger partial charge in [0.15, 0.2) is 0 Å². The molecule has 0 aliphatic carbocycles. The van der Waals surface area contributed by atoms with E-state index in [1.54, 1.807) is 18.2 Å². The van der Waals surface area contributed by atoms with Crippen molar-refractivity contribution >= 4 is 23.4 Å². The molecule has 0 atom stereocenters. The number of carbonyl (C=O) groups is 2. The van der Waals surface area contributed by atoms with Gasteiger partial charge in [0.2, 0.25) is 0 Å². The molecule has 0 spiro atoms. The first-order valence-corrected chi connectivity index (χ1v) is 9.94. The van der Waals surface area contributed by atoms with Crippen molar-refractivity contribution in [2.75, 3.05) is 13.1 Å². The molecule has 3 rings (SSSR count). The number of ether oxygens (including phenoxy) is 1. The number of hydrogen-bond acceptors (Lipinski definition) is 3. The minimum absolute atomic E-state index is 0.0492. The van der Waals surface area contributed by atoms with Gasteiger partial charge < -0.3 is 15.0 Å². The summed E-state index contributed by atoms with van der Waals surface area (Å²) in [5.41, 5.74) is 1.91. The van der Waals surface area contributed by atoms with E-state index in [0.29, 0.717) is 28.4 Å². The number of benzene rings is 2. The molecule has 0 saturated carbocycles. The Morgan fingerprint density at radius 3 is 2.61 bits per heavy atom. The van der Waals surface area contributed by atoms with E-state index < -0.39 is 0 Å². The smallest absolute Gasteiger partial charge is 0.255 e. The quantitative estimate of drug-likeness (QED) is 0.786. The van der Waals surface area contributed by atoms with Gasteiger partial charge in [0, 0.05) is 30.2 Å².